The lowest BCUT2D eigenvalue weighted by atomic mass is 10.2. The van der Waals surface area contributed by atoms with Crippen LogP contribution in [0.5, 0.6) is 5.75 Å². The number of allylic oxidation sites excluding steroid dienone is 1. The van der Waals surface area contributed by atoms with Crippen LogP contribution in [0.25, 0.3) is 16.6 Å². The molecule has 0 unspecified atom stereocenters. The monoisotopic (exact) mass is 468 g/mol. The second-order valence-corrected chi connectivity index (χ2v) is 9.06. The fourth-order valence-corrected chi connectivity index (χ4v) is 4.61. The number of hydrogen-bond donors (Lipinski definition) is 3. The lowest BCUT2D eigenvalue weighted by Gasteiger charge is -2.12. The first-order chi connectivity index (χ1) is 15.8. The molecule has 170 valence electrons. The van der Waals surface area contributed by atoms with Gasteiger partial charge in [0.2, 0.25) is 10.0 Å². The number of H-pyrrole nitrogens is 1. The first kappa shape index (κ1) is 22.3. The van der Waals surface area contributed by atoms with E-state index in [0.29, 0.717) is 11.0 Å². The SMILES string of the molecule is COc1ccc(C(=O)OC/C(O)=C(\C#N)c2nc3ccccc3[nH]2)cc1S(=O)(=O)NC1CC1. The molecule has 2 aromatic carbocycles. The number of imidazole rings is 1. The number of nitrogens with one attached hydrogen (secondary N) is 2. The van der Waals surface area contributed by atoms with Gasteiger partial charge in [-0.2, -0.15) is 5.26 Å². The molecule has 1 aliphatic carbocycles. The molecule has 0 aliphatic heterocycles. The summed E-state index contributed by atoms with van der Waals surface area (Å²) in [7, 11) is -2.56. The Bertz CT molecular complexity index is 1370. The van der Waals surface area contributed by atoms with Crippen LogP contribution in [0, 0.1) is 11.3 Å². The van der Waals surface area contributed by atoms with Crippen LogP contribution in [0.1, 0.15) is 29.0 Å². The van der Waals surface area contributed by atoms with E-state index in [-0.39, 0.29) is 33.6 Å². The van der Waals surface area contributed by atoms with E-state index in [9.17, 15) is 23.6 Å². The number of nitrogens with zero attached hydrogens (tertiary/aromatic N) is 2. The van der Waals surface area contributed by atoms with E-state index in [4.69, 9.17) is 9.47 Å². The standard InChI is InChI=1S/C22H20N4O6S/c1-31-19-9-6-13(10-20(19)33(29,30)26-14-7-8-14)22(28)32-12-18(27)15(11-23)21-24-16-4-2-3-5-17(16)25-21/h2-6,9-10,14,26-27H,7-8,12H2,1H3,(H,24,25)/b18-15-. The zero-order valence-corrected chi connectivity index (χ0v) is 18.3. The van der Waals surface area contributed by atoms with E-state index in [1.165, 1.54) is 19.2 Å². The number of sulfonamides is 1. The summed E-state index contributed by atoms with van der Waals surface area (Å²) in [6.45, 7) is -0.604. The minimum Gasteiger partial charge on any atom is -0.507 e. The maximum atomic E-state index is 12.6. The van der Waals surface area contributed by atoms with E-state index >= 15 is 0 Å². The van der Waals surface area contributed by atoms with Crippen LogP contribution in [-0.4, -0.2) is 49.2 Å². The summed E-state index contributed by atoms with van der Waals surface area (Å²) in [6, 6.07) is 12.7. The van der Waals surface area contributed by atoms with Gasteiger partial charge in [-0.25, -0.2) is 22.9 Å². The van der Waals surface area contributed by atoms with Gasteiger partial charge in [0.05, 0.1) is 23.7 Å². The molecule has 1 heterocycles. The van der Waals surface area contributed by atoms with Crippen LogP contribution in [0.15, 0.2) is 53.1 Å². The second kappa shape index (κ2) is 8.93. The Kier molecular flexibility index (Phi) is 6.04. The largest absolute Gasteiger partial charge is 0.507 e. The van der Waals surface area contributed by atoms with Gasteiger partial charge >= 0.3 is 5.97 Å². The van der Waals surface area contributed by atoms with Crippen LogP contribution < -0.4 is 9.46 Å². The third-order valence-electron chi connectivity index (χ3n) is 4.95. The number of ether oxygens (including phenoxy) is 2. The number of para-hydroxylation sites is 2. The number of esters is 1. The number of nitriles is 1. The topological polar surface area (TPSA) is 154 Å². The molecule has 3 N–H and O–H groups in total. The minimum absolute atomic E-state index is 0.0537. The lowest BCUT2D eigenvalue weighted by molar-refractivity contribution is 0.0502. The summed E-state index contributed by atoms with van der Waals surface area (Å²) in [5, 5.41) is 19.8. The van der Waals surface area contributed by atoms with Gasteiger partial charge in [-0.1, -0.05) is 12.1 Å². The molecule has 3 aromatic rings. The Morgan fingerprint density at radius 1 is 1.30 bits per heavy atom. The number of methoxy groups -OCH3 is 1. The van der Waals surface area contributed by atoms with Gasteiger partial charge < -0.3 is 19.6 Å². The molecule has 0 atom stereocenters. The highest BCUT2D eigenvalue weighted by atomic mass is 32.2. The van der Waals surface area contributed by atoms with Crippen molar-refractivity contribution in [3.8, 4) is 11.8 Å². The maximum Gasteiger partial charge on any atom is 0.338 e. The number of carbonyl (C=O) groups is 1. The number of aromatic amines is 1. The number of benzene rings is 2. The molecular formula is C22H20N4O6S. The van der Waals surface area contributed by atoms with Gasteiger partial charge in [-0.05, 0) is 43.2 Å². The second-order valence-electron chi connectivity index (χ2n) is 7.37. The van der Waals surface area contributed by atoms with Gasteiger partial charge in [-0.3, -0.25) is 0 Å². The number of aliphatic hydroxyl groups is 1. The van der Waals surface area contributed by atoms with Gasteiger partial charge in [0.15, 0.2) is 11.6 Å². The van der Waals surface area contributed by atoms with Crippen molar-refractivity contribution in [2.75, 3.05) is 13.7 Å². The molecule has 4 rings (SSSR count). The molecule has 0 saturated heterocycles. The quantitative estimate of drug-likeness (QED) is 0.259. The molecule has 0 bridgehead atoms. The summed E-state index contributed by atoms with van der Waals surface area (Å²) in [5.74, 6) is -1.16. The zero-order valence-electron chi connectivity index (χ0n) is 17.5. The van der Waals surface area contributed by atoms with Gasteiger partial charge in [0.1, 0.15) is 28.9 Å². The molecule has 0 spiro atoms. The number of carbonyl (C=O) groups excluding carboxylic acids is 1. The van der Waals surface area contributed by atoms with Crippen LogP contribution in [-0.2, 0) is 14.8 Å². The molecule has 10 nitrogen and oxygen atoms in total. The molecule has 11 heteroatoms. The maximum absolute atomic E-state index is 12.6. The smallest absolute Gasteiger partial charge is 0.338 e. The summed E-state index contributed by atoms with van der Waals surface area (Å²) >= 11 is 0. The Balaban J connectivity index is 1.54. The normalized spacial score (nSPS) is 14.4. The minimum atomic E-state index is -3.89. The number of aromatic nitrogens is 2. The molecule has 1 fully saturated rings. The third kappa shape index (κ3) is 4.82. The third-order valence-corrected chi connectivity index (χ3v) is 6.50. The fraction of sp³-hybridized carbons (Fsp3) is 0.227. The first-order valence-electron chi connectivity index (χ1n) is 9.97. The van der Waals surface area contributed by atoms with Crippen LogP contribution in [0.3, 0.4) is 0 Å². The number of aliphatic hydroxyl groups excluding tert-OH is 1. The van der Waals surface area contributed by atoms with E-state index in [2.05, 4.69) is 14.7 Å². The van der Waals surface area contributed by atoms with E-state index in [0.717, 1.165) is 18.9 Å². The van der Waals surface area contributed by atoms with Crippen molar-refractivity contribution in [1.29, 1.82) is 5.26 Å². The molecule has 1 saturated carbocycles. The summed E-state index contributed by atoms with van der Waals surface area (Å²) in [6.07, 6.45) is 1.50. The lowest BCUT2D eigenvalue weighted by Crippen LogP contribution is -2.26. The Labute approximate surface area is 189 Å². The van der Waals surface area contributed by atoms with E-state index in [1.807, 2.05) is 6.07 Å². The van der Waals surface area contributed by atoms with Crippen molar-refractivity contribution in [1.82, 2.24) is 14.7 Å². The number of fused-ring (bicyclic) bond motifs is 1. The first-order valence-corrected chi connectivity index (χ1v) is 11.5. The van der Waals surface area contributed by atoms with Crippen molar-refractivity contribution < 1.29 is 27.8 Å². The predicted molar refractivity (Wildman–Crippen MR) is 118 cm³/mol. The van der Waals surface area contributed by atoms with Crippen LogP contribution in [0.4, 0.5) is 0 Å². The Morgan fingerprint density at radius 2 is 2.06 bits per heavy atom. The Morgan fingerprint density at radius 3 is 2.73 bits per heavy atom. The highest BCUT2D eigenvalue weighted by Gasteiger charge is 2.30. The van der Waals surface area contributed by atoms with Crippen molar-refractivity contribution in [2.45, 2.75) is 23.8 Å². The van der Waals surface area contributed by atoms with Crippen molar-refractivity contribution in [3.05, 3.63) is 59.6 Å². The average Bonchev–Trinajstić information content (AvgIpc) is 3.51. The molecule has 1 aromatic heterocycles. The van der Waals surface area contributed by atoms with Gasteiger partial charge in [0.25, 0.3) is 0 Å². The van der Waals surface area contributed by atoms with Gasteiger partial charge in [-0.15, -0.1) is 0 Å². The van der Waals surface area contributed by atoms with Crippen LogP contribution >= 0.6 is 0 Å². The van der Waals surface area contributed by atoms with Crippen molar-refractivity contribution in [3.63, 3.8) is 0 Å². The molecule has 33 heavy (non-hydrogen) atoms. The summed E-state index contributed by atoms with van der Waals surface area (Å²) < 4.78 is 38.0. The van der Waals surface area contributed by atoms with E-state index < -0.39 is 28.4 Å². The molecule has 0 radical (unpaired) electrons. The van der Waals surface area contributed by atoms with Crippen LogP contribution in [0.2, 0.25) is 0 Å². The predicted octanol–water partition coefficient (Wildman–Crippen LogP) is 2.66. The summed E-state index contributed by atoms with van der Waals surface area (Å²) in [4.78, 5) is 19.5. The van der Waals surface area contributed by atoms with E-state index in [1.54, 1.807) is 24.3 Å². The summed E-state index contributed by atoms with van der Waals surface area (Å²) in [5.41, 5.74) is 1.06. The molecule has 0 amide bonds. The zero-order chi connectivity index (χ0) is 23.6. The number of hydrogen-bond acceptors (Lipinski definition) is 8. The molecular weight excluding hydrogens is 448 g/mol. The highest BCUT2D eigenvalue weighted by molar-refractivity contribution is 7.89. The Hall–Kier alpha value is -3.88. The number of rotatable bonds is 8. The van der Waals surface area contributed by atoms with Crippen molar-refractivity contribution in [2.24, 2.45) is 0 Å². The fourth-order valence-electron chi connectivity index (χ4n) is 3.11. The average molecular weight is 468 g/mol. The van der Waals surface area contributed by atoms with Crippen molar-refractivity contribution >= 4 is 32.6 Å². The molecule has 1 aliphatic rings. The van der Waals surface area contributed by atoms with Gasteiger partial charge in [0, 0.05) is 6.04 Å². The highest BCUT2D eigenvalue weighted by Crippen LogP contribution is 2.28.